The maximum Gasteiger partial charge on any atom is 0.152 e. The average Bonchev–Trinajstić information content (AvgIpc) is 3.73. The summed E-state index contributed by atoms with van der Waals surface area (Å²) >= 11 is 0. The second-order valence-electron chi connectivity index (χ2n) is 13.3. The van der Waals surface area contributed by atoms with E-state index in [9.17, 15) is 0 Å². The van der Waals surface area contributed by atoms with Crippen LogP contribution in [-0.2, 0) is 0 Å². The Bertz CT molecular complexity index is 2970. The minimum atomic E-state index is 0.880. The zero-order chi connectivity index (χ0) is 33.5. The zero-order valence-electron chi connectivity index (χ0n) is 27.6. The number of para-hydroxylation sites is 4. The van der Waals surface area contributed by atoms with Crippen molar-refractivity contribution in [3.63, 3.8) is 0 Å². The van der Waals surface area contributed by atoms with Gasteiger partial charge in [0.1, 0.15) is 0 Å². The van der Waals surface area contributed by atoms with Crippen molar-refractivity contribution in [3.8, 4) is 56.3 Å². The van der Waals surface area contributed by atoms with Crippen LogP contribution < -0.4 is 4.74 Å². The average molecular weight is 651 g/mol. The third-order valence-electron chi connectivity index (χ3n) is 10.5. The molecule has 10 aromatic rings. The molecule has 1 aliphatic heterocycles. The fraction of sp³-hybridized carbons (Fsp3) is 0. The molecule has 0 saturated heterocycles. The lowest BCUT2D eigenvalue weighted by atomic mass is 9.96. The van der Waals surface area contributed by atoms with Gasteiger partial charge in [0.05, 0.1) is 27.8 Å². The number of aromatic nitrogens is 2. The molecule has 238 valence electrons. The molecule has 0 saturated carbocycles. The van der Waals surface area contributed by atoms with E-state index in [-0.39, 0.29) is 0 Å². The highest BCUT2D eigenvalue weighted by Crippen LogP contribution is 2.48. The fourth-order valence-electron chi connectivity index (χ4n) is 8.19. The lowest BCUT2D eigenvalue weighted by molar-refractivity contribution is 0.476. The Morgan fingerprint density at radius 2 is 0.941 bits per heavy atom. The van der Waals surface area contributed by atoms with E-state index in [1.54, 1.807) is 0 Å². The van der Waals surface area contributed by atoms with Crippen LogP contribution in [0.2, 0.25) is 0 Å². The van der Waals surface area contributed by atoms with Crippen LogP contribution >= 0.6 is 0 Å². The second-order valence-corrected chi connectivity index (χ2v) is 13.3. The van der Waals surface area contributed by atoms with E-state index in [1.165, 1.54) is 71.5 Å². The Balaban J connectivity index is 1.03. The summed E-state index contributed by atoms with van der Waals surface area (Å²) in [6, 6.07) is 65.4. The first kappa shape index (κ1) is 28.0. The lowest BCUT2D eigenvalue weighted by Crippen LogP contribution is -2.03. The van der Waals surface area contributed by atoms with Gasteiger partial charge in [-0.3, -0.25) is 0 Å². The molecule has 0 spiro atoms. The third-order valence-corrected chi connectivity index (χ3v) is 10.5. The summed E-state index contributed by atoms with van der Waals surface area (Å²) in [5.41, 5.74) is 14.1. The van der Waals surface area contributed by atoms with Gasteiger partial charge < -0.3 is 13.9 Å². The van der Waals surface area contributed by atoms with Crippen LogP contribution in [0.15, 0.2) is 182 Å². The van der Waals surface area contributed by atoms with Crippen molar-refractivity contribution in [1.82, 2.24) is 9.13 Å². The number of rotatable bonds is 4. The van der Waals surface area contributed by atoms with Crippen LogP contribution in [-0.4, -0.2) is 9.13 Å². The molecule has 0 amide bonds. The van der Waals surface area contributed by atoms with E-state index in [2.05, 4.69) is 179 Å². The first-order chi connectivity index (χ1) is 25.3. The van der Waals surface area contributed by atoms with Crippen molar-refractivity contribution in [2.24, 2.45) is 0 Å². The Labute approximate surface area is 294 Å². The van der Waals surface area contributed by atoms with Gasteiger partial charge in [0.2, 0.25) is 0 Å². The van der Waals surface area contributed by atoms with E-state index >= 15 is 0 Å². The third kappa shape index (κ3) is 4.19. The van der Waals surface area contributed by atoms with Crippen molar-refractivity contribution >= 4 is 43.6 Å². The van der Waals surface area contributed by atoms with Crippen molar-refractivity contribution in [2.75, 3.05) is 0 Å². The van der Waals surface area contributed by atoms with Gasteiger partial charge in [-0.2, -0.15) is 0 Å². The molecule has 0 N–H and O–H groups in total. The molecule has 1 aliphatic rings. The SMILES string of the molecule is c1ccc(-c2ccc(-n3c4ccccc4c4ccc(-c5ccc(-c6ccc7c8c6c6ccccc6n8-c6ccccc6O7)cc5)cc43)cc2)cc1. The molecule has 0 unspecified atom stereocenters. The number of ether oxygens (including phenoxy) is 1. The number of benzene rings is 8. The highest BCUT2D eigenvalue weighted by Gasteiger charge is 2.25. The molecule has 0 atom stereocenters. The number of hydrogen-bond acceptors (Lipinski definition) is 1. The fourth-order valence-corrected chi connectivity index (χ4v) is 8.19. The zero-order valence-corrected chi connectivity index (χ0v) is 27.6. The normalized spacial score (nSPS) is 12.1. The number of nitrogens with zero attached hydrogens (tertiary/aromatic N) is 2. The maximum absolute atomic E-state index is 6.45. The van der Waals surface area contributed by atoms with Gasteiger partial charge in [0.15, 0.2) is 11.5 Å². The summed E-state index contributed by atoms with van der Waals surface area (Å²) in [5, 5.41) is 4.95. The molecule has 2 aromatic heterocycles. The largest absolute Gasteiger partial charge is 0.453 e. The van der Waals surface area contributed by atoms with Crippen LogP contribution in [0.4, 0.5) is 0 Å². The maximum atomic E-state index is 6.45. The van der Waals surface area contributed by atoms with Crippen molar-refractivity contribution in [2.45, 2.75) is 0 Å². The lowest BCUT2D eigenvalue weighted by Gasteiger charge is -2.21. The molecule has 3 heterocycles. The summed E-state index contributed by atoms with van der Waals surface area (Å²) in [7, 11) is 0. The van der Waals surface area contributed by atoms with Crippen LogP contribution in [0.3, 0.4) is 0 Å². The topological polar surface area (TPSA) is 19.1 Å². The highest BCUT2D eigenvalue weighted by atomic mass is 16.5. The van der Waals surface area contributed by atoms with E-state index in [4.69, 9.17) is 4.74 Å². The first-order valence-corrected chi connectivity index (χ1v) is 17.4. The number of hydrogen-bond donors (Lipinski definition) is 0. The van der Waals surface area contributed by atoms with Gasteiger partial charge in [0, 0.05) is 27.2 Å². The van der Waals surface area contributed by atoms with Gasteiger partial charge >= 0.3 is 0 Å². The van der Waals surface area contributed by atoms with Crippen LogP contribution in [0.5, 0.6) is 11.5 Å². The molecule has 0 bridgehead atoms. The van der Waals surface area contributed by atoms with Crippen LogP contribution in [0.25, 0.3) is 88.4 Å². The summed E-state index contributed by atoms with van der Waals surface area (Å²) in [6.07, 6.45) is 0. The molecular weight excluding hydrogens is 621 g/mol. The highest BCUT2D eigenvalue weighted by molar-refractivity contribution is 6.18. The molecule has 0 aliphatic carbocycles. The van der Waals surface area contributed by atoms with Crippen molar-refractivity contribution < 1.29 is 4.74 Å². The van der Waals surface area contributed by atoms with Crippen LogP contribution in [0, 0.1) is 0 Å². The van der Waals surface area contributed by atoms with Gasteiger partial charge in [-0.25, -0.2) is 0 Å². The van der Waals surface area contributed by atoms with Crippen LogP contribution in [0.1, 0.15) is 0 Å². The van der Waals surface area contributed by atoms with E-state index in [0.717, 1.165) is 28.4 Å². The van der Waals surface area contributed by atoms with E-state index < -0.39 is 0 Å². The first-order valence-electron chi connectivity index (χ1n) is 17.4. The Morgan fingerprint density at radius 1 is 0.353 bits per heavy atom. The molecule has 11 rings (SSSR count). The molecule has 0 fully saturated rings. The Hall–Kier alpha value is -6.84. The molecule has 3 heteroatoms. The molecule has 0 radical (unpaired) electrons. The quantitative estimate of drug-likeness (QED) is 0.185. The molecular formula is C48H30N2O. The molecule has 3 nitrogen and oxygen atoms in total. The van der Waals surface area contributed by atoms with Crippen molar-refractivity contribution in [3.05, 3.63) is 182 Å². The minimum Gasteiger partial charge on any atom is -0.453 e. The minimum absolute atomic E-state index is 0.880. The van der Waals surface area contributed by atoms with Gasteiger partial charge in [-0.05, 0) is 88.0 Å². The summed E-state index contributed by atoms with van der Waals surface area (Å²) in [5.74, 6) is 1.77. The van der Waals surface area contributed by atoms with Gasteiger partial charge in [-0.15, -0.1) is 0 Å². The summed E-state index contributed by atoms with van der Waals surface area (Å²) in [4.78, 5) is 0. The predicted molar refractivity (Wildman–Crippen MR) is 212 cm³/mol. The van der Waals surface area contributed by atoms with Gasteiger partial charge in [-0.1, -0.05) is 127 Å². The molecule has 51 heavy (non-hydrogen) atoms. The van der Waals surface area contributed by atoms with E-state index in [1.807, 2.05) is 12.1 Å². The standard InChI is InChI=1S/C48H30N2O/c1-2-10-31(11-3-1)32-22-25-36(26-23-32)49-41-14-6-4-12-38(41)39-27-24-35(30-44(39)49)33-18-20-34(21-19-33)37-28-29-46-48-47(37)40-13-5-7-15-42(40)50(48)43-16-8-9-17-45(43)51-46/h1-30H. The Kier molecular flexibility index (Phi) is 5.96. The van der Waals surface area contributed by atoms with Crippen molar-refractivity contribution in [1.29, 1.82) is 0 Å². The summed E-state index contributed by atoms with van der Waals surface area (Å²) in [6.45, 7) is 0. The predicted octanol–water partition coefficient (Wildman–Crippen LogP) is 13.0. The smallest absolute Gasteiger partial charge is 0.152 e. The Morgan fingerprint density at radius 3 is 1.76 bits per heavy atom. The van der Waals surface area contributed by atoms with Gasteiger partial charge in [0.25, 0.3) is 0 Å². The second kappa shape index (κ2) is 10.8. The monoisotopic (exact) mass is 650 g/mol. The summed E-state index contributed by atoms with van der Waals surface area (Å²) < 4.78 is 11.2. The number of fused-ring (bicyclic) bond motifs is 8. The molecule has 8 aromatic carbocycles. The van der Waals surface area contributed by atoms with E-state index in [0.29, 0.717) is 0 Å².